The Labute approximate surface area is 96.8 Å². The summed E-state index contributed by atoms with van der Waals surface area (Å²) in [5.74, 6) is 0.792. The van der Waals surface area contributed by atoms with E-state index < -0.39 is 12.2 Å². The molecule has 0 radical (unpaired) electrons. The predicted octanol–water partition coefficient (Wildman–Crippen LogP) is 2.16. The van der Waals surface area contributed by atoms with Gasteiger partial charge in [0.05, 0.1) is 6.54 Å². The average molecular weight is 249 g/mol. The molecule has 1 fully saturated rings. The lowest BCUT2D eigenvalue weighted by Crippen LogP contribution is -2.40. The number of halogens is 3. The zero-order chi connectivity index (χ0) is 12.5. The predicted molar refractivity (Wildman–Crippen MR) is 53.2 cm³/mol. The first kappa shape index (κ1) is 12.3. The van der Waals surface area contributed by atoms with Crippen molar-refractivity contribution in [1.29, 1.82) is 0 Å². The van der Waals surface area contributed by atoms with Gasteiger partial charge in [0.25, 0.3) is 0 Å². The maximum atomic E-state index is 12.7. The lowest BCUT2D eigenvalue weighted by molar-refractivity contribution is -0.177. The fraction of sp³-hybridized carbons (Fsp3) is 0.800. The lowest BCUT2D eigenvalue weighted by atomic mass is 10.2. The molecule has 0 bridgehead atoms. The molecule has 1 aromatic rings. The van der Waals surface area contributed by atoms with Crippen molar-refractivity contribution in [3.63, 3.8) is 0 Å². The van der Waals surface area contributed by atoms with E-state index in [4.69, 9.17) is 4.52 Å². The van der Waals surface area contributed by atoms with Gasteiger partial charge in [-0.3, -0.25) is 4.90 Å². The summed E-state index contributed by atoms with van der Waals surface area (Å²) in [6.45, 7) is 2.39. The van der Waals surface area contributed by atoms with Crippen molar-refractivity contribution in [2.45, 2.75) is 44.9 Å². The van der Waals surface area contributed by atoms with Gasteiger partial charge in [-0.25, -0.2) is 0 Å². The van der Waals surface area contributed by atoms with Gasteiger partial charge in [-0.05, 0) is 19.4 Å². The van der Waals surface area contributed by atoms with Crippen LogP contribution in [-0.2, 0) is 13.0 Å². The van der Waals surface area contributed by atoms with Crippen molar-refractivity contribution in [2.75, 3.05) is 6.54 Å². The van der Waals surface area contributed by atoms with E-state index >= 15 is 0 Å². The summed E-state index contributed by atoms with van der Waals surface area (Å²) in [4.78, 5) is 5.39. The standard InChI is InChI=1S/C10H14F3N3O/c1-2-9-14-8(15-17-9)6-16-5-3-4-7(16)10(11,12)13/h7H,2-6H2,1H3/t7-/m0/s1. The van der Waals surface area contributed by atoms with E-state index in [1.54, 1.807) is 0 Å². The highest BCUT2D eigenvalue weighted by Crippen LogP contribution is 2.33. The molecule has 1 atom stereocenters. The Bertz CT molecular complexity index is 377. The van der Waals surface area contributed by atoms with E-state index in [-0.39, 0.29) is 13.0 Å². The van der Waals surface area contributed by atoms with Gasteiger partial charge in [0.2, 0.25) is 5.89 Å². The molecule has 2 heterocycles. The van der Waals surface area contributed by atoms with Crippen LogP contribution in [-0.4, -0.2) is 33.8 Å². The highest BCUT2D eigenvalue weighted by molar-refractivity contribution is 4.91. The molecule has 0 N–H and O–H groups in total. The number of hydrogen-bond acceptors (Lipinski definition) is 4. The number of hydrogen-bond donors (Lipinski definition) is 0. The lowest BCUT2D eigenvalue weighted by Gasteiger charge is -2.24. The van der Waals surface area contributed by atoms with E-state index in [0.717, 1.165) is 0 Å². The first-order valence-corrected chi connectivity index (χ1v) is 5.63. The summed E-state index contributed by atoms with van der Waals surface area (Å²) < 4.78 is 42.9. The van der Waals surface area contributed by atoms with Gasteiger partial charge < -0.3 is 4.52 Å². The second kappa shape index (κ2) is 4.64. The maximum Gasteiger partial charge on any atom is 0.404 e. The van der Waals surface area contributed by atoms with Gasteiger partial charge in [0.1, 0.15) is 6.04 Å². The van der Waals surface area contributed by atoms with Crippen LogP contribution < -0.4 is 0 Å². The molecule has 96 valence electrons. The van der Waals surface area contributed by atoms with Crippen molar-refractivity contribution in [2.24, 2.45) is 0 Å². The van der Waals surface area contributed by atoms with Crippen molar-refractivity contribution in [1.82, 2.24) is 15.0 Å². The molecule has 0 aromatic carbocycles. The first-order valence-electron chi connectivity index (χ1n) is 5.63. The molecular formula is C10H14F3N3O. The van der Waals surface area contributed by atoms with E-state index in [9.17, 15) is 13.2 Å². The molecule has 1 aliphatic heterocycles. The Morgan fingerprint density at radius 3 is 2.82 bits per heavy atom. The minimum Gasteiger partial charge on any atom is -0.339 e. The number of aryl methyl sites for hydroxylation is 1. The highest BCUT2D eigenvalue weighted by atomic mass is 19.4. The second-order valence-electron chi connectivity index (χ2n) is 4.13. The van der Waals surface area contributed by atoms with Crippen molar-refractivity contribution < 1.29 is 17.7 Å². The molecule has 1 aliphatic rings. The van der Waals surface area contributed by atoms with E-state index in [1.807, 2.05) is 6.92 Å². The van der Waals surface area contributed by atoms with Gasteiger partial charge in [0, 0.05) is 6.42 Å². The maximum absolute atomic E-state index is 12.7. The highest BCUT2D eigenvalue weighted by Gasteiger charge is 2.45. The topological polar surface area (TPSA) is 42.2 Å². The summed E-state index contributed by atoms with van der Waals surface area (Å²) in [5, 5.41) is 3.67. The van der Waals surface area contributed by atoms with Gasteiger partial charge >= 0.3 is 6.18 Å². The molecule has 7 heteroatoms. The number of likely N-dealkylation sites (tertiary alicyclic amines) is 1. The molecule has 2 rings (SSSR count). The zero-order valence-electron chi connectivity index (χ0n) is 9.50. The fourth-order valence-electron chi connectivity index (χ4n) is 2.07. The van der Waals surface area contributed by atoms with Crippen LogP contribution in [0.15, 0.2) is 4.52 Å². The molecule has 17 heavy (non-hydrogen) atoms. The van der Waals surface area contributed by atoms with Crippen LogP contribution >= 0.6 is 0 Å². The summed E-state index contributed by atoms with van der Waals surface area (Å²) in [5.41, 5.74) is 0. The Morgan fingerprint density at radius 1 is 1.47 bits per heavy atom. The quantitative estimate of drug-likeness (QED) is 0.823. The largest absolute Gasteiger partial charge is 0.404 e. The van der Waals surface area contributed by atoms with Gasteiger partial charge in [0.15, 0.2) is 5.82 Å². The molecule has 0 unspecified atom stereocenters. The molecule has 0 spiro atoms. The Hall–Kier alpha value is -1.11. The SMILES string of the molecule is CCc1nc(CN2CCC[C@H]2C(F)(F)F)no1. The van der Waals surface area contributed by atoms with Gasteiger partial charge in [-0.2, -0.15) is 18.2 Å². The van der Waals surface area contributed by atoms with Crippen LogP contribution in [0.25, 0.3) is 0 Å². The summed E-state index contributed by atoms with van der Waals surface area (Å²) >= 11 is 0. The summed E-state index contributed by atoms with van der Waals surface area (Å²) in [6, 6.07) is -1.37. The summed E-state index contributed by atoms with van der Waals surface area (Å²) in [7, 11) is 0. The minimum absolute atomic E-state index is 0.105. The molecular weight excluding hydrogens is 235 g/mol. The van der Waals surface area contributed by atoms with Crippen LogP contribution in [0.1, 0.15) is 31.5 Å². The third-order valence-corrected chi connectivity index (χ3v) is 2.90. The van der Waals surface area contributed by atoms with Crippen LogP contribution in [0.5, 0.6) is 0 Å². The molecule has 0 saturated carbocycles. The van der Waals surface area contributed by atoms with E-state index in [0.29, 0.717) is 31.1 Å². The van der Waals surface area contributed by atoms with E-state index in [1.165, 1.54) is 4.90 Å². The van der Waals surface area contributed by atoms with Gasteiger partial charge in [-0.1, -0.05) is 12.1 Å². The monoisotopic (exact) mass is 249 g/mol. The third kappa shape index (κ3) is 2.77. The van der Waals surface area contributed by atoms with Crippen molar-refractivity contribution >= 4 is 0 Å². The summed E-state index contributed by atoms with van der Waals surface area (Å²) in [6.07, 6.45) is -2.87. The van der Waals surface area contributed by atoms with Crippen LogP contribution in [0.2, 0.25) is 0 Å². The number of nitrogens with zero attached hydrogens (tertiary/aromatic N) is 3. The molecule has 1 saturated heterocycles. The number of alkyl halides is 3. The van der Waals surface area contributed by atoms with Crippen LogP contribution in [0.3, 0.4) is 0 Å². The van der Waals surface area contributed by atoms with E-state index in [2.05, 4.69) is 10.1 Å². The van der Waals surface area contributed by atoms with Crippen LogP contribution in [0.4, 0.5) is 13.2 Å². The Kier molecular flexibility index (Phi) is 3.37. The number of aromatic nitrogens is 2. The number of rotatable bonds is 3. The second-order valence-corrected chi connectivity index (χ2v) is 4.13. The minimum atomic E-state index is -4.17. The smallest absolute Gasteiger partial charge is 0.339 e. The third-order valence-electron chi connectivity index (χ3n) is 2.90. The zero-order valence-corrected chi connectivity index (χ0v) is 9.50. The van der Waals surface area contributed by atoms with Crippen molar-refractivity contribution in [3.8, 4) is 0 Å². The van der Waals surface area contributed by atoms with Crippen molar-refractivity contribution in [3.05, 3.63) is 11.7 Å². The average Bonchev–Trinajstić information content (AvgIpc) is 2.85. The molecule has 4 nitrogen and oxygen atoms in total. The van der Waals surface area contributed by atoms with Crippen LogP contribution in [0, 0.1) is 0 Å². The molecule has 1 aromatic heterocycles. The fourth-order valence-corrected chi connectivity index (χ4v) is 2.07. The Balaban J connectivity index is 2.02. The Morgan fingerprint density at radius 2 is 2.24 bits per heavy atom. The molecule has 0 aliphatic carbocycles. The first-order chi connectivity index (χ1) is 8.00. The van der Waals surface area contributed by atoms with Gasteiger partial charge in [-0.15, -0.1) is 0 Å². The molecule has 0 amide bonds. The normalized spacial score (nSPS) is 22.2.